The fraction of sp³-hybridized carbons (Fsp3) is 0.846. The molecule has 0 aromatic heterocycles. The van der Waals surface area contributed by atoms with E-state index in [1.165, 1.54) is 12.8 Å². The van der Waals surface area contributed by atoms with Crippen molar-refractivity contribution in [1.29, 1.82) is 0 Å². The van der Waals surface area contributed by atoms with Gasteiger partial charge in [0.15, 0.2) is 0 Å². The first-order valence-corrected chi connectivity index (χ1v) is 6.61. The number of amides is 2. The topological polar surface area (TPSA) is 49.4 Å². The van der Waals surface area contributed by atoms with Crippen LogP contribution in [0.1, 0.15) is 40.0 Å². The summed E-state index contributed by atoms with van der Waals surface area (Å²) in [5, 5.41) is 2.76. The molecular formula is C13H22N2O2. The van der Waals surface area contributed by atoms with Gasteiger partial charge in [-0.3, -0.25) is 9.59 Å². The number of nitrogens with one attached hydrogen (secondary N) is 1. The van der Waals surface area contributed by atoms with E-state index in [1.807, 2.05) is 13.8 Å². The van der Waals surface area contributed by atoms with Gasteiger partial charge in [0, 0.05) is 6.54 Å². The van der Waals surface area contributed by atoms with Crippen LogP contribution in [0.3, 0.4) is 0 Å². The van der Waals surface area contributed by atoms with E-state index in [1.54, 1.807) is 11.8 Å². The number of hydrogen-bond acceptors (Lipinski definition) is 2. The van der Waals surface area contributed by atoms with Crippen LogP contribution in [0.5, 0.6) is 0 Å². The van der Waals surface area contributed by atoms with Gasteiger partial charge in [-0.1, -0.05) is 26.7 Å². The lowest BCUT2D eigenvalue weighted by Crippen LogP contribution is -2.64. The first-order valence-electron chi connectivity index (χ1n) is 6.61. The van der Waals surface area contributed by atoms with E-state index in [0.717, 1.165) is 18.9 Å². The molecule has 0 aromatic rings. The molecule has 1 N–H and O–H groups in total. The third kappa shape index (κ3) is 2.61. The van der Waals surface area contributed by atoms with Crippen molar-refractivity contribution in [2.75, 3.05) is 6.54 Å². The lowest BCUT2D eigenvalue weighted by molar-refractivity contribution is -0.150. The van der Waals surface area contributed by atoms with E-state index < -0.39 is 0 Å². The van der Waals surface area contributed by atoms with Crippen LogP contribution >= 0.6 is 0 Å². The maximum Gasteiger partial charge on any atom is 0.245 e. The minimum Gasteiger partial charge on any atom is -0.343 e. The Labute approximate surface area is 103 Å². The summed E-state index contributed by atoms with van der Waals surface area (Å²) in [5.41, 5.74) is 0. The summed E-state index contributed by atoms with van der Waals surface area (Å²) in [6, 6.07) is -0.644. The molecule has 1 aliphatic heterocycles. The quantitative estimate of drug-likeness (QED) is 0.799. The molecule has 0 aromatic carbocycles. The average molecular weight is 238 g/mol. The van der Waals surface area contributed by atoms with Gasteiger partial charge in [0.2, 0.25) is 11.8 Å². The summed E-state index contributed by atoms with van der Waals surface area (Å²) in [6.45, 7) is 6.50. The lowest BCUT2D eigenvalue weighted by Gasteiger charge is -2.40. The predicted molar refractivity (Wildman–Crippen MR) is 65.3 cm³/mol. The Bertz CT molecular complexity index is 323. The highest BCUT2D eigenvalue weighted by molar-refractivity contribution is 5.96. The second-order valence-electron chi connectivity index (χ2n) is 5.68. The molecule has 0 radical (unpaired) electrons. The van der Waals surface area contributed by atoms with Crippen LogP contribution in [-0.2, 0) is 9.59 Å². The van der Waals surface area contributed by atoms with E-state index in [0.29, 0.717) is 0 Å². The summed E-state index contributed by atoms with van der Waals surface area (Å²) in [6.07, 6.45) is 3.63. The number of carbonyl (C=O) groups excluding carboxylic acids is 2. The Hall–Kier alpha value is -1.06. The highest BCUT2D eigenvalue weighted by atomic mass is 16.2. The third-order valence-electron chi connectivity index (χ3n) is 3.72. The van der Waals surface area contributed by atoms with Crippen LogP contribution < -0.4 is 5.32 Å². The zero-order valence-corrected chi connectivity index (χ0v) is 10.9. The Balaban J connectivity index is 2.07. The first kappa shape index (κ1) is 12.4. The summed E-state index contributed by atoms with van der Waals surface area (Å²) >= 11 is 0. The normalized spacial score (nSPS) is 29.8. The van der Waals surface area contributed by atoms with E-state index in [2.05, 4.69) is 5.32 Å². The molecule has 4 heteroatoms. The fourth-order valence-corrected chi connectivity index (χ4v) is 2.53. The Morgan fingerprint density at radius 1 is 1.35 bits per heavy atom. The molecule has 2 unspecified atom stereocenters. The van der Waals surface area contributed by atoms with Crippen molar-refractivity contribution < 1.29 is 9.59 Å². The maximum absolute atomic E-state index is 12.1. The van der Waals surface area contributed by atoms with Crippen molar-refractivity contribution in [2.24, 2.45) is 11.8 Å². The first-order chi connectivity index (χ1) is 8.00. The zero-order chi connectivity index (χ0) is 12.6. The summed E-state index contributed by atoms with van der Waals surface area (Å²) < 4.78 is 0. The van der Waals surface area contributed by atoms with E-state index in [4.69, 9.17) is 0 Å². The Morgan fingerprint density at radius 3 is 2.53 bits per heavy atom. The molecule has 4 nitrogen and oxygen atoms in total. The Morgan fingerprint density at radius 2 is 2.00 bits per heavy atom. The molecule has 2 fully saturated rings. The van der Waals surface area contributed by atoms with Crippen LogP contribution in [0.2, 0.25) is 0 Å². The van der Waals surface area contributed by atoms with Crippen molar-refractivity contribution in [3.05, 3.63) is 0 Å². The van der Waals surface area contributed by atoms with E-state index in [9.17, 15) is 9.59 Å². The smallest absolute Gasteiger partial charge is 0.245 e. The largest absolute Gasteiger partial charge is 0.343 e. The molecule has 0 spiro atoms. The molecule has 2 atom stereocenters. The molecule has 1 heterocycles. The highest BCUT2D eigenvalue weighted by Crippen LogP contribution is 2.33. The van der Waals surface area contributed by atoms with Crippen molar-refractivity contribution in [3.8, 4) is 0 Å². The molecule has 1 saturated heterocycles. The number of carbonyl (C=O) groups is 2. The van der Waals surface area contributed by atoms with Crippen molar-refractivity contribution in [3.63, 3.8) is 0 Å². The zero-order valence-electron chi connectivity index (χ0n) is 10.9. The molecule has 2 aliphatic rings. The van der Waals surface area contributed by atoms with Gasteiger partial charge in [0.05, 0.1) is 0 Å². The second kappa shape index (κ2) is 4.67. The van der Waals surface area contributed by atoms with Gasteiger partial charge in [0.1, 0.15) is 12.1 Å². The van der Waals surface area contributed by atoms with Gasteiger partial charge in [0.25, 0.3) is 0 Å². The van der Waals surface area contributed by atoms with Gasteiger partial charge in [-0.05, 0) is 25.2 Å². The second-order valence-corrected chi connectivity index (χ2v) is 5.68. The van der Waals surface area contributed by atoms with Crippen molar-refractivity contribution in [2.45, 2.75) is 52.1 Å². The average Bonchev–Trinajstić information content (AvgIpc) is 3.04. The van der Waals surface area contributed by atoms with Crippen LogP contribution in [0.15, 0.2) is 0 Å². The SMILES string of the molecule is CC1NC(=O)C(C(C)C)N(CCC2CC2)C1=O. The monoisotopic (exact) mass is 238 g/mol. The van der Waals surface area contributed by atoms with Crippen molar-refractivity contribution in [1.82, 2.24) is 10.2 Å². The molecular weight excluding hydrogens is 216 g/mol. The third-order valence-corrected chi connectivity index (χ3v) is 3.72. The summed E-state index contributed by atoms with van der Waals surface area (Å²) in [5.74, 6) is 1.04. The van der Waals surface area contributed by atoms with Gasteiger partial charge in [-0.2, -0.15) is 0 Å². The molecule has 2 rings (SSSR count). The van der Waals surface area contributed by atoms with Gasteiger partial charge in [-0.15, -0.1) is 0 Å². The minimum absolute atomic E-state index is 0.00268. The molecule has 1 aliphatic carbocycles. The maximum atomic E-state index is 12.1. The standard InChI is InChI=1S/C13H22N2O2/c1-8(2)11-12(16)14-9(3)13(17)15(11)7-6-10-4-5-10/h8-11H,4-7H2,1-3H3,(H,14,16). The van der Waals surface area contributed by atoms with Crippen LogP contribution in [-0.4, -0.2) is 35.3 Å². The van der Waals surface area contributed by atoms with Crippen LogP contribution in [0.4, 0.5) is 0 Å². The molecule has 0 bridgehead atoms. The molecule has 2 amide bonds. The predicted octanol–water partition coefficient (Wildman–Crippen LogP) is 1.16. The number of piperazine rings is 1. The minimum atomic E-state index is -0.364. The number of hydrogen-bond donors (Lipinski definition) is 1. The summed E-state index contributed by atoms with van der Waals surface area (Å²) in [4.78, 5) is 25.9. The fourth-order valence-electron chi connectivity index (χ4n) is 2.53. The molecule has 96 valence electrons. The lowest BCUT2D eigenvalue weighted by atomic mass is 9.97. The number of nitrogens with zero attached hydrogens (tertiary/aromatic N) is 1. The molecule has 1 saturated carbocycles. The van der Waals surface area contributed by atoms with Gasteiger partial charge in [-0.25, -0.2) is 0 Å². The van der Waals surface area contributed by atoms with Gasteiger partial charge >= 0.3 is 0 Å². The van der Waals surface area contributed by atoms with Crippen LogP contribution in [0, 0.1) is 11.8 Å². The number of rotatable bonds is 4. The van der Waals surface area contributed by atoms with Crippen LogP contribution in [0.25, 0.3) is 0 Å². The Kier molecular flexibility index (Phi) is 3.40. The van der Waals surface area contributed by atoms with E-state index in [-0.39, 0.29) is 29.8 Å². The van der Waals surface area contributed by atoms with Crippen molar-refractivity contribution >= 4 is 11.8 Å². The van der Waals surface area contributed by atoms with E-state index >= 15 is 0 Å². The highest BCUT2D eigenvalue weighted by Gasteiger charge is 2.40. The van der Waals surface area contributed by atoms with Gasteiger partial charge < -0.3 is 10.2 Å². The summed E-state index contributed by atoms with van der Waals surface area (Å²) in [7, 11) is 0. The molecule has 17 heavy (non-hydrogen) atoms.